The number of para-hydroxylation sites is 1. The molecule has 0 unspecified atom stereocenters. The molecule has 3 aromatic carbocycles. The minimum atomic E-state index is -0.246. The van der Waals surface area contributed by atoms with Gasteiger partial charge in [-0.25, -0.2) is 0 Å². The van der Waals surface area contributed by atoms with Gasteiger partial charge in [0.1, 0.15) is 18.1 Å². The highest BCUT2D eigenvalue weighted by Gasteiger charge is 2.15. The van der Waals surface area contributed by atoms with Crippen molar-refractivity contribution in [3.63, 3.8) is 0 Å². The van der Waals surface area contributed by atoms with Crippen LogP contribution >= 0.6 is 0 Å². The summed E-state index contributed by atoms with van der Waals surface area (Å²) < 4.78 is 16.6. The van der Waals surface area contributed by atoms with Crippen LogP contribution in [-0.4, -0.2) is 30.4 Å². The van der Waals surface area contributed by atoms with Crippen molar-refractivity contribution in [3.05, 3.63) is 113 Å². The molecule has 1 amide bonds. The van der Waals surface area contributed by atoms with Crippen LogP contribution in [-0.2, 0) is 29.1 Å². The van der Waals surface area contributed by atoms with Crippen molar-refractivity contribution in [3.8, 4) is 17.1 Å². The normalized spacial score (nSPS) is 10.6. The fourth-order valence-corrected chi connectivity index (χ4v) is 3.91. The van der Waals surface area contributed by atoms with Crippen molar-refractivity contribution >= 4 is 11.9 Å². The van der Waals surface area contributed by atoms with Gasteiger partial charge in [0.15, 0.2) is 0 Å². The van der Waals surface area contributed by atoms with Crippen molar-refractivity contribution in [1.82, 2.24) is 4.90 Å². The summed E-state index contributed by atoms with van der Waals surface area (Å²) in [4.78, 5) is 26.5. The van der Waals surface area contributed by atoms with Gasteiger partial charge in [-0.15, -0.1) is 0 Å². The number of benzene rings is 3. The maximum atomic E-state index is 13.0. The lowest BCUT2D eigenvalue weighted by molar-refractivity contribution is -0.142. The Bertz CT molecular complexity index is 1300. The predicted octanol–water partition coefficient (Wildman–Crippen LogP) is 5.90. The first-order chi connectivity index (χ1) is 17.5. The third-order valence-corrected chi connectivity index (χ3v) is 5.70. The Morgan fingerprint density at radius 1 is 0.889 bits per heavy atom. The standard InChI is InChI=1S/C30H29NO5/c1-3-34-29(32)19-22-8-6-9-23(18-22)21-36-28-11-5-4-10-26(28)20-31(2)30(33)25-15-13-24(14-16-25)27-12-7-17-35-27/h4-18H,3,19-21H2,1-2H3. The summed E-state index contributed by atoms with van der Waals surface area (Å²) >= 11 is 0. The molecule has 0 radical (unpaired) electrons. The second-order valence-corrected chi connectivity index (χ2v) is 8.41. The molecule has 1 aromatic heterocycles. The quantitative estimate of drug-likeness (QED) is 0.263. The molecule has 0 bridgehead atoms. The molecule has 0 aliphatic rings. The van der Waals surface area contributed by atoms with E-state index in [9.17, 15) is 9.59 Å². The Kier molecular flexibility index (Phi) is 8.19. The molecule has 4 rings (SSSR count). The van der Waals surface area contributed by atoms with Crippen LogP contribution in [0, 0.1) is 0 Å². The van der Waals surface area contributed by atoms with E-state index >= 15 is 0 Å². The van der Waals surface area contributed by atoms with Crippen LogP contribution in [0.3, 0.4) is 0 Å². The molecule has 1 heterocycles. The summed E-state index contributed by atoms with van der Waals surface area (Å²) in [5.41, 5.74) is 4.26. The van der Waals surface area contributed by atoms with E-state index in [1.807, 2.05) is 84.9 Å². The lowest BCUT2D eigenvalue weighted by Crippen LogP contribution is -2.26. The predicted molar refractivity (Wildman–Crippen MR) is 137 cm³/mol. The first-order valence-electron chi connectivity index (χ1n) is 11.9. The van der Waals surface area contributed by atoms with Crippen LogP contribution in [0.4, 0.5) is 0 Å². The van der Waals surface area contributed by atoms with E-state index in [1.165, 1.54) is 0 Å². The van der Waals surface area contributed by atoms with E-state index in [1.54, 1.807) is 25.1 Å². The van der Waals surface area contributed by atoms with Gasteiger partial charge in [0, 0.05) is 30.3 Å². The van der Waals surface area contributed by atoms with Gasteiger partial charge in [0.25, 0.3) is 5.91 Å². The molecule has 0 saturated heterocycles. The molecule has 6 heteroatoms. The average molecular weight is 484 g/mol. The number of carbonyl (C=O) groups is 2. The lowest BCUT2D eigenvalue weighted by atomic mass is 10.1. The zero-order chi connectivity index (χ0) is 25.3. The highest BCUT2D eigenvalue weighted by atomic mass is 16.5. The first-order valence-corrected chi connectivity index (χ1v) is 11.9. The average Bonchev–Trinajstić information content (AvgIpc) is 3.43. The van der Waals surface area contributed by atoms with Crippen LogP contribution in [0.5, 0.6) is 5.75 Å². The highest BCUT2D eigenvalue weighted by molar-refractivity contribution is 5.94. The number of furan rings is 1. The molecule has 36 heavy (non-hydrogen) atoms. The molecule has 0 saturated carbocycles. The SMILES string of the molecule is CCOC(=O)Cc1cccc(COc2ccccc2CN(C)C(=O)c2ccc(-c3ccco3)cc2)c1. The molecule has 6 nitrogen and oxygen atoms in total. The molecular formula is C30H29NO5. The minimum Gasteiger partial charge on any atom is -0.489 e. The summed E-state index contributed by atoms with van der Waals surface area (Å²) in [7, 11) is 1.78. The van der Waals surface area contributed by atoms with Crippen molar-refractivity contribution in [2.45, 2.75) is 26.5 Å². The van der Waals surface area contributed by atoms with Gasteiger partial charge in [0.2, 0.25) is 0 Å². The summed E-state index contributed by atoms with van der Waals surface area (Å²) in [6, 6.07) is 26.5. The number of amides is 1. The maximum absolute atomic E-state index is 13.0. The molecule has 0 spiro atoms. The summed E-state index contributed by atoms with van der Waals surface area (Å²) in [6.07, 6.45) is 1.86. The number of hydrogen-bond acceptors (Lipinski definition) is 5. The molecule has 0 fully saturated rings. The second kappa shape index (κ2) is 11.9. The van der Waals surface area contributed by atoms with E-state index in [0.29, 0.717) is 31.1 Å². The minimum absolute atomic E-state index is 0.0811. The Balaban J connectivity index is 1.39. The monoisotopic (exact) mass is 483 g/mol. The summed E-state index contributed by atoms with van der Waals surface area (Å²) in [5.74, 6) is 1.15. The maximum Gasteiger partial charge on any atom is 0.310 e. The number of hydrogen-bond donors (Lipinski definition) is 0. The lowest BCUT2D eigenvalue weighted by Gasteiger charge is -2.20. The molecule has 4 aromatic rings. The second-order valence-electron chi connectivity index (χ2n) is 8.41. The number of nitrogens with zero attached hydrogens (tertiary/aromatic N) is 1. The van der Waals surface area contributed by atoms with E-state index in [0.717, 1.165) is 28.0 Å². The van der Waals surface area contributed by atoms with Gasteiger partial charge < -0.3 is 18.8 Å². The highest BCUT2D eigenvalue weighted by Crippen LogP contribution is 2.23. The Labute approximate surface area is 211 Å². The Morgan fingerprint density at radius 2 is 1.67 bits per heavy atom. The van der Waals surface area contributed by atoms with Crippen molar-refractivity contribution < 1.29 is 23.5 Å². The molecule has 0 atom stereocenters. The van der Waals surface area contributed by atoms with Crippen LogP contribution in [0.1, 0.15) is 34.0 Å². The fraction of sp³-hybridized carbons (Fsp3) is 0.200. The van der Waals surface area contributed by atoms with Gasteiger partial charge in [-0.3, -0.25) is 9.59 Å². The zero-order valence-corrected chi connectivity index (χ0v) is 20.5. The largest absolute Gasteiger partial charge is 0.489 e. The van der Waals surface area contributed by atoms with Crippen molar-refractivity contribution in [2.24, 2.45) is 0 Å². The number of rotatable bonds is 10. The van der Waals surface area contributed by atoms with Gasteiger partial charge in [0.05, 0.1) is 19.3 Å². The van der Waals surface area contributed by atoms with Crippen molar-refractivity contribution in [2.75, 3.05) is 13.7 Å². The third-order valence-electron chi connectivity index (χ3n) is 5.70. The number of esters is 1. The topological polar surface area (TPSA) is 69.0 Å². The fourth-order valence-electron chi connectivity index (χ4n) is 3.91. The van der Waals surface area contributed by atoms with E-state index in [4.69, 9.17) is 13.9 Å². The smallest absolute Gasteiger partial charge is 0.310 e. The van der Waals surface area contributed by atoms with Crippen LogP contribution < -0.4 is 4.74 Å². The van der Waals surface area contributed by atoms with Crippen molar-refractivity contribution in [1.29, 1.82) is 0 Å². The van der Waals surface area contributed by atoms with Crippen LogP contribution in [0.25, 0.3) is 11.3 Å². The molecule has 0 N–H and O–H groups in total. The van der Waals surface area contributed by atoms with Crippen LogP contribution in [0.2, 0.25) is 0 Å². The van der Waals surface area contributed by atoms with E-state index in [2.05, 4.69) is 0 Å². The number of carbonyl (C=O) groups excluding carboxylic acids is 2. The molecule has 0 aliphatic heterocycles. The molecule has 0 aliphatic carbocycles. The van der Waals surface area contributed by atoms with Gasteiger partial charge in [-0.05, 0) is 48.4 Å². The first kappa shape index (κ1) is 24.8. The third kappa shape index (κ3) is 6.42. The van der Waals surface area contributed by atoms with E-state index < -0.39 is 0 Å². The van der Waals surface area contributed by atoms with Gasteiger partial charge >= 0.3 is 5.97 Å². The van der Waals surface area contributed by atoms with Gasteiger partial charge in [-0.2, -0.15) is 0 Å². The Morgan fingerprint density at radius 3 is 2.42 bits per heavy atom. The molecule has 184 valence electrons. The molecular weight excluding hydrogens is 454 g/mol. The van der Waals surface area contributed by atoms with E-state index in [-0.39, 0.29) is 18.3 Å². The Hall–Kier alpha value is -4.32. The van der Waals surface area contributed by atoms with Crippen LogP contribution in [0.15, 0.2) is 95.6 Å². The number of ether oxygens (including phenoxy) is 2. The van der Waals surface area contributed by atoms with Gasteiger partial charge in [-0.1, -0.05) is 54.6 Å². The zero-order valence-electron chi connectivity index (χ0n) is 20.5. The summed E-state index contributed by atoms with van der Waals surface area (Å²) in [5, 5.41) is 0. The summed E-state index contributed by atoms with van der Waals surface area (Å²) in [6.45, 7) is 2.91.